The van der Waals surface area contributed by atoms with Crippen molar-refractivity contribution in [2.24, 2.45) is 11.3 Å². The van der Waals surface area contributed by atoms with E-state index < -0.39 is 6.10 Å². The summed E-state index contributed by atoms with van der Waals surface area (Å²) in [6.45, 7) is 6.35. The normalized spacial score (nSPS) is 29.0. The number of nitrogens with zero attached hydrogens (tertiary/aromatic N) is 1. The molecular weight excluding hydrogens is 304 g/mol. The van der Waals surface area contributed by atoms with Crippen LogP contribution >= 0.6 is 0 Å². The van der Waals surface area contributed by atoms with Crippen molar-refractivity contribution in [1.82, 2.24) is 4.90 Å². The van der Waals surface area contributed by atoms with Crippen LogP contribution in [0.5, 0.6) is 5.75 Å². The highest BCUT2D eigenvalue weighted by Gasteiger charge is 2.59. The first-order chi connectivity index (χ1) is 11.4. The molecule has 5 heteroatoms. The molecule has 2 N–H and O–H groups in total. The van der Waals surface area contributed by atoms with Crippen LogP contribution in [0.15, 0.2) is 24.3 Å². The van der Waals surface area contributed by atoms with E-state index in [2.05, 4.69) is 19.2 Å². The third-order valence-electron chi connectivity index (χ3n) is 5.30. The Hall–Kier alpha value is -1.30. The molecule has 134 valence electrons. The second-order valence-electron chi connectivity index (χ2n) is 7.94. The molecule has 0 radical (unpaired) electrons. The maximum absolute atomic E-state index is 9.85. The van der Waals surface area contributed by atoms with Gasteiger partial charge in [0.05, 0.1) is 6.10 Å². The number of fused-ring (bicyclic) bond motifs is 1. The van der Waals surface area contributed by atoms with Gasteiger partial charge in [-0.2, -0.15) is 0 Å². The predicted octanol–water partition coefficient (Wildman–Crippen LogP) is 2.21. The highest BCUT2D eigenvalue weighted by atomic mass is 16.5. The third-order valence-corrected chi connectivity index (χ3v) is 5.30. The van der Waals surface area contributed by atoms with Crippen molar-refractivity contribution in [3.05, 3.63) is 24.3 Å². The van der Waals surface area contributed by atoms with Crippen LogP contribution in [0.2, 0.25) is 0 Å². The van der Waals surface area contributed by atoms with Gasteiger partial charge in [0, 0.05) is 36.2 Å². The minimum atomic E-state index is -0.479. The van der Waals surface area contributed by atoms with Crippen molar-refractivity contribution in [2.75, 3.05) is 39.2 Å². The summed E-state index contributed by atoms with van der Waals surface area (Å²) in [5.41, 5.74) is 1.28. The van der Waals surface area contributed by atoms with E-state index in [1.807, 2.05) is 43.3 Å². The first kappa shape index (κ1) is 17.5. The number of hydrogen-bond acceptors (Lipinski definition) is 5. The summed E-state index contributed by atoms with van der Waals surface area (Å²) in [5.74, 6) is 1.41. The van der Waals surface area contributed by atoms with E-state index in [4.69, 9.17) is 9.47 Å². The molecule has 0 spiro atoms. The number of likely N-dealkylation sites (N-methyl/N-ethyl adjacent to an activating group) is 1. The molecule has 1 saturated carbocycles. The first-order valence-electron chi connectivity index (χ1n) is 8.81. The molecule has 1 saturated heterocycles. The molecule has 2 aliphatic rings. The lowest BCUT2D eigenvalue weighted by Gasteiger charge is -2.55. The van der Waals surface area contributed by atoms with E-state index >= 15 is 0 Å². The Kier molecular flexibility index (Phi) is 5.04. The number of anilines is 1. The summed E-state index contributed by atoms with van der Waals surface area (Å²) in [6.07, 6.45) is 1.07. The summed E-state index contributed by atoms with van der Waals surface area (Å²) < 4.78 is 11.5. The lowest BCUT2D eigenvalue weighted by molar-refractivity contribution is -0.0923. The van der Waals surface area contributed by atoms with Crippen LogP contribution in [0, 0.1) is 11.3 Å². The molecule has 4 unspecified atom stereocenters. The highest BCUT2D eigenvalue weighted by Crippen LogP contribution is 2.53. The Morgan fingerprint density at radius 1 is 1.33 bits per heavy atom. The fraction of sp³-hybridized carbons (Fsp3) is 0.684. The zero-order valence-corrected chi connectivity index (χ0v) is 15.2. The van der Waals surface area contributed by atoms with Gasteiger partial charge in [-0.05, 0) is 44.8 Å². The number of aliphatic hydroxyl groups excluding tert-OH is 1. The maximum Gasteiger partial charge on any atom is 0.119 e. The molecule has 0 amide bonds. The average molecular weight is 334 g/mol. The maximum atomic E-state index is 9.85. The van der Waals surface area contributed by atoms with Gasteiger partial charge in [0.15, 0.2) is 0 Å². The van der Waals surface area contributed by atoms with Crippen LogP contribution in [0.1, 0.15) is 20.3 Å². The van der Waals surface area contributed by atoms with Crippen molar-refractivity contribution in [3.8, 4) is 5.75 Å². The second-order valence-corrected chi connectivity index (χ2v) is 7.94. The van der Waals surface area contributed by atoms with Gasteiger partial charge < -0.3 is 24.8 Å². The molecule has 5 nitrogen and oxygen atoms in total. The number of benzene rings is 1. The van der Waals surface area contributed by atoms with Gasteiger partial charge >= 0.3 is 0 Å². The van der Waals surface area contributed by atoms with E-state index in [1.165, 1.54) is 0 Å². The van der Waals surface area contributed by atoms with Crippen molar-refractivity contribution >= 4 is 5.69 Å². The lowest BCUT2D eigenvalue weighted by Crippen LogP contribution is -2.63. The molecule has 1 aromatic rings. The number of hydrogen-bond donors (Lipinski definition) is 2. The zero-order valence-electron chi connectivity index (χ0n) is 15.2. The van der Waals surface area contributed by atoms with Crippen molar-refractivity contribution in [1.29, 1.82) is 0 Å². The van der Waals surface area contributed by atoms with E-state index in [0.29, 0.717) is 31.2 Å². The topological polar surface area (TPSA) is 54.0 Å². The minimum Gasteiger partial charge on any atom is -0.491 e. The fourth-order valence-electron chi connectivity index (χ4n) is 4.11. The summed E-state index contributed by atoms with van der Waals surface area (Å²) >= 11 is 0. The third kappa shape index (κ3) is 3.53. The van der Waals surface area contributed by atoms with Crippen molar-refractivity contribution in [2.45, 2.75) is 38.5 Å². The SMILES string of the molecule is CN(C)CC(O)COc1ccc(NC2C3CCOC3C2(C)C)cc1. The summed E-state index contributed by atoms with van der Waals surface area (Å²) in [6, 6.07) is 8.47. The second kappa shape index (κ2) is 6.90. The molecule has 1 aliphatic heterocycles. The summed E-state index contributed by atoms with van der Waals surface area (Å²) in [5, 5.41) is 13.5. The lowest BCUT2D eigenvalue weighted by atomic mass is 9.57. The molecule has 1 heterocycles. The first-order valence-corrected chi connectivity index (χ1v) is 8.81. The van der Waals surface area contributed by atoms with Gasteiger partial charge in [-0.15, -0.1) is 0 Å². The predicted molar refractivity (Wildman–Crippen MR) is 95.5 cm³/mol. The average Bonchev–Trinajstić information content (AvgIpc) is 2.98. The van der Waals surface area contributed by atoms with Gasteiger partial charge in [0.2, 0.25) is 0 Å². The molecular formula is C19H30N2O3. The van der Waals surface area contributed by atoms with Gasteiger partial charge in [-0.1, -0.05) is 13.8 Å². The van der Waals surface area contributed by atoms with Crippen LogP contribution in [0.25, 0.3) is 0 Å². The van der Waals surface area contributed by atoms with Gasteiger partial charge in [0.1, 0.15) is 18.5 Å². The molecule has 3 rings (SSSR count). The van der Waals surface area contributed by atoms with Gasteiger partial charge in [-0.3, -0.25) is 0 Å². The Morgan fingerprint density at radius 3 is 2.71 bits per heavy atom. The van der Waals surface area contributed by atoms with Crippen molar-refractivity contribution < 1.29 is 14.6 Å². The number of ether oxygens (including phenoxy) is 2. The smallest absolute Gasteiger partial charge is 0.119 e. The Balaban J connectivity index is 1.52. The standard InChI is InChI=1S/C19H30N2O3/c1-19(2)17(16-9-10-23-18(16)19)20-13-5-7-15(8-6-13)24-12-14(22)11-21(3)4/h5-8,14,16-18,20,22H,9-12H2,1-4H3. The summed E-state index contributed by atoms with van der Waals surface area (Å²) in [7, 11) is 3.87. The van der Waals surface area contributed by atoms with Gasteiger partial charge in [0.25, 0.3) is 0 Å². The molecule has 1 aromatic carbocycles. The summed E-state index contributed by atoms with van der Waals surface area (Å²) in [4.78, 5) is 1.95. The van der Waals surface area contributed by atoms with Crippen molar-refractivity contribution in [3.63, 3.8) is 0 Å². The van der Waals surface area contributed by atoms with E-state index in [-0.39, 0.29) is 5.41 Å². The largest absolute Gasteiger partial charge is 0.491 e. The molecule has 2 fully saturated rings. The number of aliphatic hydroxyl groups is 1. The molecule has 24 heavy (non-hydrogen) atoms. The van der Waals surface area contributed by atoms with E-state index in [9.17, 15) is 5.11 Å². The van der Waals surface area contributed by atoms with E-state index in [1.54, 1.807) is 0 Å². The van der Waals surface area contributed by atoms with E-state index in [0.717, 1.165) is 24.5 Å². The van der Waals surface area contributed by atoms with Crippen LogP contribution in [0.3, 0.4) is 0 Å². The fourth-order valence-corrected chi connectivity index (χ4v) is 4.11. The Bertz CT molecular complexity index is 544. The zero-order chi connectivity index (χ0) is 17.3. The van der Waals surface area contributed by atoms with Crippen LogP contribution in [-0.4, -0.2) is 62.1 Å². The number of nitrogens with one attached hydrogen (secondary N) is 1. The minimum absolute atomic E-state index is 0.173. The Labute approximate surface area is 144 Å². The molecule has 0 aromatic heterocycles. The monoisotopic (exact) mass is 334 g/mol. The van der Waals surface area contributed by atoms with Gasteiger partial charge in [-0.25, -0.2) is 0 Å². The Morgan fingerprint density at radius 2 is 2.04 bits per heavy atom. The van der Waals surface area contributed by atoms with Crippen LogP contribution < -0.4 is 10.1 Å². The number of rotatable bonds is 7. The molecule has 0 bridgehead atoms. The van der Waals surface area contributed by atoms with Crippen LogP contribution in [-0.2, 0) is 4.74 Å². The van der Waals surface area contributed by atoms with Crippen LogP contribution in [0.4, 0.5) is 5.69 Å². The molecule has 1 aliphatic carbocycles. The highest BCUT2D eigenvalue weighted by molar-refractivity contribution is 5.48. The molecule has 4 atom stereocenters. The quantitative estimate of drug-likeness (QED) is 0.801.